The largest absolute Gasteiger partial charge is 0.398 e. The topological polar surface area (TPSA) is 95.1 Å². The van der Waals surface area contributed by atoms with Gasteiger partial charge in [0.2, 0.25) is 0 Å². The molecule has 1 aliphatic rings. The molecule has 0 bridgehead atoms. The standard InChI is InChI=1S/C27H32FN5O/c1-16(29)24-22(30)11-12-23-25(24)18-7-5-4-6-8-19(18)26(32-23)17-9-10-20(21(28)15-17)27(34)31-13-14-33(2)3/h9-12,15,29H,4-8,13-14,30H2,1-3H3,(H,31,34). The van der Waals surface area contributed by atoms with Gasteiger partial charge in [0.15, 0.2) is 0 Å². The van der Waals surface area contributed by atoms with Crippen LogP contribution in [0.2, 0.25) is 0 Å². The van der Waals surface area contributed by atoms with Gasteiger partial charge in [-0.05, 0) is 82.1 Å². The number of aromatic nitrogens is 1. The molecule has 6 nitrogen and oxygen atoms in total. The molecule has 0 saturated heterocycles. The lowest BCUT2D eigenvalue weighted by atomic mass is 9.89. The van der Waals surface area contributed by atoms with Crippen LogP contribution in [-0.2, 0) is 12.8 Å². The van der Waals surface area contributed by atoms with Gasteiger partial charge < -0.3 is 21.4 Å². The highest BCUT2D eigenvalue weighted by molar-refractivity contribution is 6.13. The summed E-state index contributed by atoms with van der Waals surface area (Å²) in [5, 5.41) is 12.0. The zero-order valence-corrected chi connectivity index (χ0v) is 20.1. The van der Waals surface area contributed by atoms with Gasteiger partial charge in [-0.2, -0.15) is 0 Å². The number of hydrogen-bond donors (Lipinski definition) is 3. The van der Waals surface area contributed by atoms with Crippen molar-refractivity contribution in [1.29, 1.82) is 5.41 Å². The lowest BCUT2D eigenvalue weighted by Gasteiger charge is -2.19. The van der Waals surface area contributed by atoms with E-state index in [1.54, 1.807) is 25.1 Å². The van der Waals surface area contributed by atoms with Gasteiger partial charge in [-0.25, -0.2) is 9.37 Å². The predicted molar refractivity (Wildman–Crippen MR) is 136 cm³/mol. The van der Waals surface area contributed by atoms with Crippen LogP contribution >= 0.6 is 0 Å². The Kier molecular flexibility index (Phi) is 6.93. The maximum absolute atomic E-state index is 15.1. The Labute approximate surface area is 199 Å². The van der Waals surface area contributed by atoms with Crippen molar-refractivity contribution in [2.75, 3.05) is 32.9 Å². The van der Waals surface area contributed by atoms with Crippen molar-refractivity contribution in [3.8, 4) is 11.3 Å². The lowest BCUT2D eigenvalue weighted by molar-refractivity contribution is 0.0947. The molecule has 1 aliphatic carbocycles. The van der Waals surface area contributed by atoms with E-state index in [2.05, 4.69) is 5.32 Å². The van der Waals surface area contributed by atoms with Gasteiger partial charge in [0.05, 0.1) is 16.8 Å². The molecule has 7 heteroatoms. The number of likely N-dealkylation sites (N-methyl/N-ethyl adjacent to an activating group) is 1. The first-order valence-electron chi connectivity index (χ1n) is 11.8. The van der Waals surface area contributed by atoms with E-state index < -0.39 is 11.7 Å². The number of pyridine rings is 1. The van der Waals surface area contributed by atoms with Crippen molar-refractivity contribution >= 4 is 28.2 Å². The smallest absolute Gasteiger partial charge is 0.254 e. The summed E-state index contributed by atoms with van der Waals surface area (Å²) in [4.78, 5) is 19.4. The number of nitrogen functional groups attached to an aromatic ring is 1. The normalized spacial score (nSPS) is 13.6. The number of anilines is 1. The van der Waals surface area contributed by atoms with Crippen LogP contribution in [0.3, 0.4) is 0 Å². The zero-order chi connectivity index (χ0) is 24.4. The molecule has 0 aliphatic heterocycles. The molecule has 0 fully saturated rings. The van der Waals surface area contributed by atoms with E-state index in [1.807, 2.05) is 25.1 Å². The number of hydrogen-bond acceptors (Lipinski definition) is 5. The molecule has 0 radical (unpaired) electrons. The Bertz CT molecular complexity index is 1270. The molecule has 0 unspecified atom stereocenters. The Morgan fingerprint density at radius 2 is 1.88 bits per heavy atom. The summed E-state index contributed by atoms with van der Waals surface area (Å²) in [7, 11) is 3.84. The average Bonchev–Trinajstić information content (AvgIpc) is 3.04. The number of fused-ring (bicyclic) bond motifs is 3. The summed E-state index contributed by atoms with van der Waals surface area (Å²) in [6, 6.07) is 8.41. The minimum atomic E-state index is -0.558. The molecule has 178 valence electrons. The van der Waals surface area contributed by atoms with E-state index in [1.165, 1.54) is 6.07 Å². The molecular weight excluding hydrogens is 429 g/mol. The van der Waals surface area contributed by atoms with Gasteiger partial charge in [0, 0.05) is 41.0 Å². The summed E-state index contributed by atoms with van der Waals surface area (Å²) in [5.41, 5.74) is 12.5. The first-order valence-corrected chi connectivity index (χ1v) is 11.8. The van der Waals surface area contributed by atoms with E-state index >= 15 is 4.39 Å². The lowest BCUT2D eigenvalue weighted by Crippen LogP contribution is -2.31. The van der Waals surface area contributed by atoms with Gasteiger partial charge in [0.1, 0.15) is 5.82 Å². The van der Waals surface area contributed by atoms with Gasteiger partial charge in [-0.1, -0.05) is 12.5 Å². The number of nitrogens with zero attached hydrogens (tertiary/aromatic N) is 2. The highest BCUT2D eigenvalue weighted by atomic mass is 19.1. The number of benzene rings is 2. The molecule has 1 amide bonds. The third kappa shape index (κ3) is 4.66. The van der Waals surface area contributed by atoms with E-state index in [4.69, 9.17) is 16.1 Å². The number of amides is 1. The summed E-state index contributed by atoms with van der Waals surface area (Å²) in [6.07, 6.45) is 4.91. The molecule has 0 spiro atoms. The van der Waals surface area contributed by atoms with E-state index in [0.717, 1.165) is 65.4 Å². The fourth-order valence-electron chi connectivity index (χ4n) is 4.79. The first-order chi connectivity index (χ1) is 16.3. The van der Waals surface area contributed by atoms with Crippen LogP contribution in [0.4, 0.5) is 10.1 Å². The summed E-state index contributed by atoms with van der Waals surface area (Å²) in [5.74, 6) is -0.977. The number of halogens is 1. The molecule has 4 N–H and O–H groups in total. The SMILES string of the molecule is CC(=N)c1c(N)ccc2nc(-c3ccc(C(=O)NCCN(C)C)c(F)c3)c3c(c12)CCCCC3. The van der Waals surface area contributed by atoms with E-state index in [9.17, 15) is 4.79 Å². The molecule has 1 aromatic heterocycles. The van der Waals surface area contributed by atoms with Gasteiger partial charge >= 0.3 is 0 Å². The monoisotopic (exact) mass is 461 g/mol. The third-order valence-electron chi connectivity index (χ3n) is 6.46. The number of carbonyl (C=O) groups excluding carboxylic acids is 1. The van der Waals surface area contributed by atoms with Gasteiger partial charge in [0.25, 0.3) is 5.91 Å². The number of carbonyl (C=O) groups is 1. The molecule has 3 aromatic rings. The maximum Gasteiger partial charge on any atom is 0.254 e. The zero-order valence-electron chi connectivity index (χ0n) is 20.1. The summed E-state index contributed by atoms with van der Waals surface area (Å²) >= 11 is 0. The van der Waals surface area contributed by atoms with Crippen LogP contribution in [0.25, 0.3) is 22.2 Å². The van der Waals surface area contributed by atoms with Crippen LogP contribution in [-0.4, -0.2) is 48.7 Å². The van der Waals surface area contributed by atoms with Crippen molar-refractivity contribution < 1.29 is 9.18 Å². The molecule has 1 heterocycles. The van der Waals surface area contributed by atoms with Gasteiger partial charge in [-0.3, -0.25) is 4.79 Å². The summed E-state index contributed by atoms with van der Waals surface area (Å²) < 4.78 is 15.1. The minimum absolute atomic E-state index is 0.0314. The fourth-order valence-corrected chi connectivity index (χ4v) is 4.79. The Hall–Kier alpha value is -3.32. The van der Waals surface area contributed by atoms with E-state index in [0.29, 0.717) is 30.1 Å². The summed E-state index contributed by atoms with van der Waals surface area (Å²) in [6.45, 7) is 2.88. The quantitative estimate of drug-likeness (QED) is 0.285. The van der Waals surface area contributed by atoms with Crippen molar-refractivity contribution in [2.24, 2.45) is 0 Å². The highest BCUT2D eigenvalue weighted by Gasteiger charge is 2.23. The van der Waals surface area contributed by atoms with Crippen molar-refractivity contribution in [2.45, 2.75) is 39.0 Å². The number of nitrogens with two attached hydrogens (primary N) is 1. The maximum atomic E-state index is 15.1. The molecular formula is C27H32FN5O. The second-order valence-electron chi connectivity index (χ2n) is 9.28. The second kappa shape index (κ2) is 9.89. The second-order valence-corrected chi connectivity index (χ2v) is 9.28. The first kappa shape index (κ1) is 23.8. The van der Waals surface area contributed by atoms with Crippen LogP contribution < -0.4 is 11.1 Å². The molecule has 0 saturated carbocycles. The Morgan fingerprint density at radius 1 is 1.15 bits per heavy atom. The minimum Gasteiger partial charge on any atom is -0.398 e. The highest BCUT2D eigenvalue weighted by Crippen LogP contribution is 2.37. The Balaban J connectivity index is 1.81. The number of nitrogens with one attached hydrogen (secondary N) is 2. The number of aryl methyl sites for hydroxylation is 1. The molecule has 0 atom stereocenters. The average molecular weight is 462 g/mol. The van der Waals surface area contributed by atoms with E-state index in [-0.39, 0.29) is 5.56 Å². The predicted octanol–water partition coefficient (Wildman–Crippen LogP) is 4.57. The third-order valence-corrected chi connectivity index (χ3v) is 6.46. The fraction of sp³-hybridized carbons (Fsp3) is 0.370. The van der Waals surface area contributed by atoms with Crippen molar-refractivity contribution in [1.82, 2.24) is 15.2 Å². The van der Waals surface area contributed by atoms with Crippen LogP contribution in [0.15, 0.2) is 30.3 Å². The van der Waals surface area contributed by atoms with Crippen molar-refractivity contribution in [3.63, 3.8) is 0 Å². The molecule has 34 heavy (non-hydrogen) atoms. The van der Waals surface area contributed by atoms with Crippen molar-refractivity contribution in [3.05, 3.63) is 58.4 Å². The number of rotatable bonds is 6. The van der Waals surface area contributed by atoms with Crippen LogP contribution in [0, 0.1) is 11.2 Å². The van der Waals surface area contributed by atoms with Crippen LogP contribution in [0.1, 0.15) is 53.2 Å². The van der Waals surface area contributed by atoms with Gasteiger partial charge in [-0.15, -0.1) is 0 Å². The Morgan fingerprint density at radius 3 is 2.56 bits per heavy atom. The molecule has 4 rings (SSSR count). The molecule has 2 aromatic carbocycles. The van der Waals surface area contributed by atoms with Crippen LogP contribution in [0.5, 0.6) is 0 Å².